The molecular weight excluding hydrogens is 373 g/mol. The molecular formula is C13H16IN3OS. The summed E-state index contributed by atoms with van der Waals surface area (Å²) in [4.78, 5) is 6.32. The van der Waals surface area contributed by atoms with Crippen LogP contribution in [0.4, 0.5) is 0 Å². The fourth-order valence-electron chi connectivity index (χ4n) is 1.54. The van der Waals surface area contributed by atoms with Gasteiger partial charge in [0.15, 0.2) is 5.96 Å². The Kier molecular flexibility index (Phi) is 6.10. The third kappa shape index (κ3) is 4.39. The van der Waals surface area contributed by atoms with E-state index >= 15 is 0 Å². The minimum absolute atomic E-state index is 0. The van der Waals surface area contributed by atoms with Crippen molar-refractivity contribution in [2.24, 2.45) is 16.5 Å². The molecule has 2 rings (SSSR count). The quantitative estimate of drug-likeness (QED) is 0.480. The zero-order chi connectivity index (χ0) is 13.0. The van der Waals surface area contributed by atoms with Gasteiger partial charge in [0, 0.05) is 9.75 Å². The number of halogens is 1. The first-order chi connectivity index (χ1) is 8.69. The molecule has 0 bridgehead atoms. The number of thiophene rings is 1. The average molecular weight is 389 g/mol. The summed E-state index contributed by atoms with van der Waals surface area (Å²) in [5, 5.41) is 0. The highest BCUT2D eigenvalue weighted by Crippen LogP contribution is 2.29. The third-order valence-electron chi connectivity index (χ3n) is 2.45. The molecule has 1 aromatic heterocycles. The van der Waals surface area contributed by atoms with Gasteiger partial charge in [-0.1, -0.05) is 0 Å². The van der Waals surface area contributed by atoms with Crippen LogP contribution < -0.4 is 16.2 Å². The number of nitrogens with two attached hydrogens (primary N) is 2. The van der Waals surface area contributed by atoms with Crippen molar-refractivity contribution >= 4 is 41.3 Å². The van der Waals surface area contributed by atoms with Gasteiger partial charge in [0.1, 0.15) is 5.75 Å². The normalized spacial score (nSPS) is 9.53. The summed E-state index contributed by atoms with van der Waals surface area (Å²) in [6.07, 6.45) is 0. The molecule has 0 aliphatic carbocycles. The Balaban J connectivity index is 0.00000180. The molecule has 4 nitrogen and oxygen atoms in total. The van der Waals surface area contributed by atoms with Crippen LogP contribution in [0.5, 0.6) is 5.75 Å². The average Bonchev–Trinajstić information content (AvgIpc) is 2.85. The van der Waals surface area contributed by atoms with Gasteiger partial charge in [0.05, 0.1) is 13.7 Å². The summed E-state index contributed by atoms with van der Waals surface area (Å²) in [5.41, 5.74) is 11.8. The fourth-order valence-corrected chi connectivity index (χ4v) is 2.48. The Morgan fingerprint density at radius 2 is 1.84 bits per heavy atom. The zero-order valence-electron chi connectivity index (χ0n) is 10.5. The van der Waals surface area contributed by atoms with E-state index in [0.717, 1.165) is 16.2 Å². The van der Waals surface area contributed by atoms with Gasteiger partial charge in [-0.3, -0.25) is 0 Å². The maximum Gasteiger partial charge on any atom is 0.186 e. The highest BCUT2D eigenvalue weighted by molar-refractivity contribution is 14.0. The molecule has 2 aromatic rings. The summed E-state index contributed by atoms with van der Waals surface area (Å²) in [5.74, 6) is 0.977. The van der Waals surface area contributed by atoms with Crippen LogP contribution in [-0.2, 0) is 6.54 Å². The lowest BCUT2D eigenvalue weighted by Gasteiger charge is -2.00. The summed E-state index contributed by atoms with van der Waals surface area (Å²) < 4.78 is 5.13. The van der Waals surface area contributed by atoms with Gasteiger partial charge in [-0.05, 0) is 42.0 Å². The Bertz CT molecular complexity index is 547. The lowest BCUT2D eigenvalue weighted by molar-refractivity contribution is 0.415. The van der Waals surface area contributed by atoms with Crippen molar-refractivity contribution in [1.82, 2.24) is 0 Å². The number of ether oxygens (including phenoxy) is 1. The summed E-state index contributed by atoms with van der Waals surface area (Å²) in [7, 11) is 1.66. The number of aliphatic imine (C=N–C) groups is 1. The molecule has 19 heavy (non-hydrogen) atoms. The number of nitrogens with zero attached hydrogens (tertiary/aromatic N) is 1. The van der Waals surface area contributed by atoms with Gasteiger partial charge in [-0.2, -0.15) is 0 Å². The van der Waals surface area contributed by atoms with Gasteiger partial charge in [-0.15, -0.1) is 35.3 Å². The van der Waals surface area contributed by atoms with E-state index in [1.165, 1.54) is 4.88 Å². The largest absolute Gasteiger partial charge is 0.497 e. The molecule has 0 aliphatic rings. The third-order valence-corrected chi connectivity index (χ3v) is 3.57. The second-order valence-electron chi connectivity index (χ2n) is 3.74. The van der Waals surface area contributed by atoms with Crippen molar-refractivity contribution in [2.45, 2.75) is 6.54 Å². The molecule has 0 fully saturated rings. The zero-order valence-corrected chi connectivity index (χ0v) is 13.6. The molecule has 4 N–H and O–H groups in total. The van der Waals surface area contributed by atoms with E-state index in [1.807, 2.05) is 30.3 Å². The molecule has 102 valence electrons. The van der Waals surface area contributed by atoms with Crippen LogP contribution in [0.25, 0.3) is 10.4 Å². The summed E-state index contributed by atoms with van der Waals surface area (Å²) >= 11 is 1.68. The van der Waals surface area contributed by atoms with Crippen LogP contribution >= 0.6 is 35.3 Å². The van der Waals surface area contributed by atoms with E-state index in [4.69, 9.17) is 16.2 Å². The van der Waals surface area contributed by atoms with Gasteiger partial charge in [0.25, 0.3) is 0 Å². The van der Waals surface area contributed by atoms with Crippen LogP contribution in [0.15, 0.2) is 41.4 Å². The van der Waals surface area contributed by atoms with E-state index in [0.29, 0.717) is 6.54 Å². The van der Waals surface area contributed by atoms with E-state index in [2.05, 4.69) is 11.1 Å². The number of benzene rings is 1. The first-order valence-electron chi connectivity index (χ1n) is 5.47. The Morgan fingerprint density at radius 3 is 2.42 bits per heavy atom. The lowest BCUT2D eigenvalue weighted by atomic mass is 10.2. The Labute approximate surface area is 133 Å². The number of rotatable bonds is 4. The first kappa shape index (κ1) is 15.8. The molecule has 0 atom stereocenters. The first-order valence-corrected chi connectivity index (χ1v) is 6.29. The molecule has 0 radical (unpaired) electrons. The van der Waals surface area contributed by atoms with Crippen molar-refractivity contribution in [1.29, 1.82) is 0 Å². The molecule has 0 unspecified atom stereocenters. The van der Waals surface area contributed by atoms with Crippen molar-refractivity contribution in [3.05, 3.63) is 41.3 Å². The van der Waals surface area contributed by atoms with Crippen molar-refractivity contribution < 1.29 is 4.74 Å². The van der Waals surface area contributed by atoms with Crippen LogP contribution in [0.3, 0.4) is 0 Å². The molecule has 1 aromatic carbocycles. The predicted octanol–water partition coefficient (Wildman–Crippen LogP) is 2.82. The Hall–Kier alpha value is -1.28. The van der Waals surface area contributed by atoms with Gasteiger partial charge < -0.3 is 16.2 Å². The van der Waals surface area contributed by atoms with E-state index < -0.39 is 0 Å². The smallest absolute Gasteiger partial charge is 0.186 e. The number of guanidine groups is 1. The number of methoxy groups -OCH3 is 1. The van der Waals surface area contributed by atoms with Gasteiger partial charge in [-0.25, -0.2) is 4.99 Å². The fraction of sp³-hybridized carbons (Fsp3) is 0.154. The van der Waals surface area contributed by atoms with Crippen molar-refractivity contribution in [3.63, 3.8) is 0 Å². The molecule has 6 heteroatoms. The minimum atomic E-state index is 0. The van der Waals surface area contributed by atoms with Crippen LogP contribution in [0, 0.1) is 0 Å². The highest BCUT2D eigenvalue weighted by Gasteiger charge is 2.03. The number of hydrogen-bond donors (Lipinski definition) is 2. The standard InChI is InChI=1S/C13H15N3OS.HI/c1-17-10-4-2-9(3-5-10)12-7-6-11(18-12)8-16-13(14)15;/h2-7H,8H2,1H3,(H4,14,15,16);1H. The second kappa shape index (κ2) is 7.34. The molecule has 0 amide bonds. The maximum atomic E-state index is 5.31. The van der Waals surface area contributed by atoms with Gasteiger partial charge >= 0.3 is 0 Å². The molecule has 0 spiro atoms. The Morgan fingerprint density at radius 1 is 1.16 bits per heavy atom. The van der Waals surface area contributed by atoms with E-state index in [1.54, 1.807) is 18.4 Å². The van der Waals surface area contributed by atoms with Crippen LogP contribution in [0.2, 0.25) is 0 Å². The molecule has 0 saturated heterocycles. The number of hydrogen-bond acceptors (Lipinski definition) is 3. The SMILES string of the molecule is COc1ccc(-c2ccc(CN=C(N)N)s2)cc1.I. The minimum Gasteiger partial charge on any atom is -0.497 e. The highest BCUT2D eigenvalue weighted by atomic mass is 127. The molecule has 0 aliphatic heterocycles. The molecule has 0 saturated carbocycles. The summed E-state index contributed by atoms with van der Waals surface area (Å²) in [6, 6.07) is 12.1. The van der Waals surface area contributed by atoms with Crippen LogP contribution in [0.1, 0.15) is 4.88 Å². The lowest BCUT2D eigenvalue weighted by Crippen LogP contribution is -2.22. The summed E-state index contributed by atoms with van der Waals surface area (Å²) in [6.45, 7) is 0.531. The van der Waals surface area contributed by atoms with Gasteiger partial charge in [0.2, 0.25) is 0 Å². The predicted molar refractivity (Wildman–Crippen MR) is 91.2 cm³/mol. The monoisotopic (exact) mass is 389 g/mol. The van der Waals surface area contributed by atoms with E-state index in [-0.39, 0.29) is 29.9 Å². The molecule has 1 heterocycles. The maximum absolute atomic E-state index is 5.31. The van der Waals surface area contributed by atoms with Crippen molar-refractivity contribution in [2.75, 3.05) is 7.11 Å². The van der Waals surface area contributed by atoms with Crippen LogP contribution in [-0.4, -0.2) is 13.1 Å². The van der Waals surface area contributed by atoms with E-state index in [9.17, 15) is 0 Å². The second-order valence-corrected chi connectivity index (χ2v) is 4.90. The van der Waals surface area contributed by atoms with Crippen molar-refractivity contribution in [3.8, 4) is 16.2 Å². The topological polar surface area (TPSA) is 73.6 Å².